The molecule has 0 spiro atoms. The molecule has 144 valence electrons. The van der Waals surface area contributed by atoms with Crippen LogP contribution in [0.3, 0.4) is 0 Å². The molecule has 0 saturated heterocycles. The van der Waals surface area contributed by atoms with Crippen molar-refractivity contribution in [1.82, 2.24) is 10.6 Å². The van der Waals surface area contributed by atoms with Crippen molar-refractivity contribution in [3.63, 3.8) is 0 Å². The average molecular weight is 380 g/mol. The maximum atomic E-state index is 13.0. The molecule has 1 aliphatic heterocycles. The summed E-state index contributed by atoms with van der Waals surface area (Å²) >= 11 is 0. The Morgan fingerprint density at radius 2 is 1.79 bits per heavy atom. The van der Waals surface area contributed by atoms with E-state index in [1.165, 1.54) is 24.3 Å². The van der Waals surface area contributed by atoms with E-state index < -0.39 is 16.9 Å². The molecule has 0 aliphatic carbocycles. The number of benzene rings is 2. The van der Waals surface area contributed by atoms with Gasteiger partial charge in [-0.2, -0.15) is 0 Å². The molecular formula is C20H20N4O4. The number of urea groups is 1. The Bertz CT molecular complexity index is 996. The van der Waals surface area contributed by atoms with Gasteiger partial charge in [0.1, 0.15) is 0 Å². The first-order valence-corrected chi connectivity index (χ1v) is 8.67. The number of hydrogen-bond donors (Lipinski definition) is 3. The molecular weight excluding hydrogens is 360 g/mol. The van der Waals surface area contributed by atoms with Gasteiger partial charge < -0.3 is 16.0 Å². The zero-order valence-corrected chi connectivity index (χ0v) is 15.7. The Balaban J connectivity index is 1.93. The molecule has 28 heavy (non-hydrogen) atoms. The van der Waals surface area contributed by atoms with Gasteiger partial charge in [-0.1, -0.05) is 23.8 Å². The van der Waals surface area contributed by atoms with Crippen LogP contribution in [-0.2, 0) is 4.79 Å². The molecule has 3 N–H and O–H groups in total. The van der Waals surface area contributed by atoms with Gasteiger partial charge in [0.15, 0.2) is 0 Å². The molecule has 1 heterocycles. The van der Waals surface area contributed by atoms with E-state index in [2.05, 4.69) is 16.0 Å². The third kappa shape index (κ3) is 3.85. The van der Waals surface area contributed by atoms with Crippen LogP contribution in [0.15, 0.2) is 53.7 Å². The fourth-order valence-electron chi connectivity index (χ4n) is 3.24. The fraction of sp³-hybridized carbons (Fsp3) is 0.200. The highest BCUT2D eigenvalue weighted by molar-refractivity contribution is 6.06. The van der Waals surface area contributed by atoms with Crippen LogP contribution in [0.2, 0.25) is 0 Å². The predicted octanol–water partition coefficient (Wildman–Crippen LogP) is 3.48. The van der Waals surface area contributed by atoms with Gasteiger partial charge >= 0.3 is 6.03 Å². The zero-order chi connectivity index (χ0) is 20.4. The van der Waals surface area contributed by atoms with E-state index >= 15 is 0 Å². The predicted molar refractivity (Wildman–Crippen MR) is 105 cm³/mol. The SMILES string of the molecule is CC1=C(C(=O)Nc2ccc([N+](=O)[O-])cc2)C(c2ccc(C)cc2C)NC(=O)N1. The molecule has 1 unspecified atom stereocenters. The summed E-state index contributed by atoms with van der Waals surface area (Å²) in [5, 5.41) is 19.0. The lowest BCUT2D eigenvalue weighted by atomic mass is 9.91. The van der Waals surface area contributed by atoms with Crippen molar-refractivity contribution in [1.29, 1.82) is 0 Å². The Hall–Kier alpha value is -3.68. The number of rotatable bonds is 4. The first-order chi connectivity index (χ1) is 13.3. The summed E-state index contributed by atoms with van der Waals surface area (Å²) in [6.07, 6.45) is 0. The smallest absolute Gasteiger partial charge is 0.319 e. The summed E-state index contributed by atoms with van der Waals surface area (Å²) in [7, 11) is 0. The maximum absolute atomic E-state index is 13.0. The van der Waals surface area contributed by atoms with Crippen molar-refractivity contribution in [2.75, 3.05) is 5.32 Å². The van der Waals surface area contributed by atoms with Gasteiger partial charge in [-0.25, -0.2) is 4.79 Å². The van der Waals surface area contributed by atoms with Crippen LogP contribution in [0.4, 0.5) is 16.2 Å². The number of nitrogens with zero attached hydrogens (tertiary/aromatic N) is 1. The summed E-state index contributed by atoms with van der Waals surface area (Å²) in [5.74, 6) is -0.399. The molecule has 2 aromatic carbocycles. The Morgan fingerprint density at radius 1 is 1.11 bits per heavy atom. The number of aryl methyl sites for hydroxylation is 2. The lowest BCUT2D eigenvalue weighted by Gasteiger charge is -2.29. The second kappa shape index (κ2) is 7.51. The molecule has 0 radical (unpaired) electrons. The number of anilines is 1. The monoisotopic (exact) mass is 380 g/mol. The van der Waals surface area contributed by atoms with Crippen molar-refractivity contribution >= 4 is 23.3 Å². The van der Waals surface area contributed by atoms with Crippen LogP contribution in [0.5, 0.6) is 0 Å². The largest absolute Gasteiger partial charge is 0.327 e. The lowest BCUT2D eigenvalue weighted by molar-refractivity contribution is -0.384. The van der Waals surface area contributed by atoms with E-state index in [9.17, 15) is 19.7 Å². The molecule has 1 atom stereocenters. The van der Waals surface area contributed by atoms with E-state index in [0.29, 0.717) is 17.0 Å². The minimum atomic E-state index is -0.604. The third-order valence-electron chi connectivity index (χ3n) is 4.59. The number of amides is 3. The Labute approximate surface area is 161 Å². The van der Waals surface area contributed by atoms with E-state index in [1.54, 1.807) is 6.92 Å². The molecule has 0 aromatic heterocycles. The van der Waals surface area contributed by atoms with Crippen LogP contribution in [0.1, 0.15) is 29.7 Å². The first kappa shape index (κ1) is 19.1. The molecule has 8 heteroatoms. The number of carbonyl (C=O) groups is 2. The van der Waals surface area contributed by atoms with Gasteiger partial charge in [-0.3, -0.25) is 14.9 Å². The molecule has 0 fully saturated rings. The standard InChI is InChI=1S/C20H20N4O4/c1-11-4-9-16(12(2)10-11)18-17(13(3)21-20(26)23-18)19(25)22-14-5-7-15(8-6-14)24(27)28/h4-10,18H,1-3H3,(H,22,25)(H2,21,23,26). The van der Waals surface area contributed by atoms with Crippen LogP contribution in [0, 0.1) is 24.0 Å². The number of non-ortho nitro benzene ring substituents is 1. The number of nitrogens with one attached hydrogen (secondary N) is 3. The highest BCUT2D eigenvalue weighted by atomic mass is 16.6. The number of nitro groups is 1. The van der Waals surface area contributed by atoms with Crippen LogP contribution < -0.4 is 16.0 Å². The molecule has 1 aliphatic rings. The first-order valence-electron chi connectivity index (χ1n) is 8.67. The van der Waals surface area contributed by atoms with E-state index in [4.69, 9.17) is 0 Å². The fourth-order valence-corrected chi connectivity index (χ4v) is 3.24. The topological polar surface area (TPSA) is 113 Å². The summed E-state index contributed by atoms with van der Waals surface area (Å²) in [4.78, 5) is 35.3. The highest BCUT2D eigenvalue weighted by Crippen LogP contribution is 2.30. The maximum Gasteiger partial charge on any atom is 0.319 e. The van der Waals surface area contributed by atoms with Crippen molar-refractivity contribution in [2.45, 2.75) is 26.8 Å². The molecule has 3 amide bonds. The van der Waals surface area contributed by atoms with Crippen molar-refractivity contribution in [2.24, 2.45) is 0 Å². The summed E-state index contributed by atoms with van der Waals surface area (Å²) in [5.41, 5.74) is 4.06. The van der Waals surface area contributed by atoms with Gasteiger partial charge in [-0.15, -0.1) is 0 Å². The van der Waals surface area contributed by atoms with Crippen molar-refractivity contribution in [3.05, 3.63) is 80.5 Å². The molecule has 2 aromatic rings. The van der Waals surface area contributed by atoms with Crippen molar-refractivity contribution in [3.8, 4) is 0 Å². The highest BCUT2D eigenvalue weighted by Gasteiger charge is 2.32. The Kier molecular flexibility index (Phi) is 5.12. The number of carbonyl (C=O) groups excluding carboxylic acids is 2. The van der Waals surface area contributed by atoms with Crippen molar-refractivity contribution < 1.29 is 14.5 Å². The van der Waals surface area contributed by atoms with Gasteiger partial charge in [0.25, 0.3) is 11.6 Å². The lowest BCUT2D eigenvalue weighted by Crippen LogP contribution is -2.46. The van der Waals surface area contributed by atoms with E-state index in [1.807, 2.05) is 32.0 Å². The van der Waals surface area contributed by atoms with E-state index in [-0.39, 0.29) is 11.7 Å². The van der Waals surface area contributed by atoms with Gasteiger partial charge in [-0.05, 0) is 44.0 Å². The van der Waals surface area contributed by atoms with Gasteiger partial charge in [0, 0.05) is 23.5 Å². The molecule has 8 nitrogen and oxygen atoms in total. The third-order valence-corrected chi connectivity index (χ3v) is 4.59. The van der Waals surface area contributed by atoms with E-state index in [0.717, 1.165) is 16.7 Å². The normalized spacial score (nSPS) is 16.2. The summed E-state index contributed by atoms with van der Waals surface area (Å²) < 4.78 is 0. The average Bonchev–Trinajstić information content (AvgIpc) is 2.61. The van der Waals surface area contributed by atoms with Crippen LogP contribution in [0.25, 0.3) is 0 Å². The van der Waals surface area contributed by atoms with Gasteiger partial charge in [0.2, 0.25) is 0 Å². The molecule has 0 saturated carbocycles. The zero-order valence-electron chi connectivity index (χ0n) is 15.7. The molecule has 0 bridgehead atoms. The number of allylic oxidation sites excluding steroid dienone is 1. The summed E-state index contributed by atoms with van der Waals surface area (Å²) in [6, 6.07) is 10.4. The Morgan fingerprint density at radius 3 is 2.39 bits per heavy atom. The molecule has 3 rings (SSSR count). The van der Waals surface area contributed by atoms with Gasteiger partial charge in [0.05, 0.1) is 16.5 Å². The summed E-state index contributed by atoms with van der Waals surface area (Å²) in [6.45, 7) is 5.57. The number of nitro benzene ring substituents is 1. The van der Waals surface area contributed by atoms with Crippen LogP contribution >= 0.6 is 0 Å². The minimum Gasteiger partial charge on any atom is -0.327 e. The van der Waals surface area contributed by atoms with Crippen LogP contribution in [-0.4, -0.2) is 16.9 Å². The second-order valence-electron chi connectivity index (χ2n) is 6.69. The second-order valence-corrected chi connectivity index (χ2v) is 6.69. The minimum absolute atomic E-state index is 0.0619. The number of hydrogen-bond acceptors (Lipinski definition) is 4. The quantitative estimate of drug-likeness (QED) is 0.556.